The summed E-state index contributed by atoms with van der Waals surface area (Å²) < 4.78 is 33.3. The lowest BCUT2D eigenvalue weighted by molar-refractivity contribution is -0.0223. The summed E-state index contributed by atoms with van der Waals surface area (Å²) in [4.78, 5) is 11.9. The molecule has 10 heteroatoms. The summed E-state index contributed by atoms with van der Waals surface area (Å²) in [6, 6.07) is 0. The second kappa shape index (κ2) is 29.1. The molecule has 0 spiro atoms. The van der Waals surface area contributed by atoms with E-state index in [9.17, 15) is 9.46 Å². The van der Waals surface area contributed by atoms with Gasteiger partial charge in [0.1, 0.15) is 6.10 Å². The maximum Gasteiger partial charge on any atom is 0.472 e. The second-order valence-corrected chi connectivity index (χ2v) is 12.3. The second-order valence-electron chi connectivity index (χ2n) is 10.1. The van der Waals surface area contributed by atoms with Crippen LogP contribution in [0.15, 0.2) is 0 Å². The first-order valence-corrected chi connectivity index (χ1v) is 17.6. The molecule has 0 heterocycles. The van der Waals surface area contributed by atoms with E-state index < -0.39 is 13.9 Å². The van der Waals surface area contributed by atoms with Crippen molar-refractivity contribution in [3.05, 3.63) is 0 Å². The minimum atomic E-state index is -4.16. The maximum absolute atomic E-state index is 12.1. The van der Waals surface area contributed by atoms with Crippen LogP contribution in [0.3, 0.4) is 0 Å². The average Bonchev–Trinajstić information content (AvgIpc) is 2.89. The summed E-state index contributed by atoms with van der Waals surface area (Å²) in [5, 5.41) is 0. The number of unbranched alkanes of at least 4 members (excludes halogenated alkanes) is 15. The molecule has 0 aliphatic rings. The van der Waals surface area contributed by atoms with E-state index in [4.69, 9.17) is 41.7 Å². The van der Waals surface area contributed by atoms with Crippen molar-refractivity contribution in [2.75, 3.05) is 64.9 Å². The third-order valence-electron chi connectivity index (χ3n) is 6.67. The van der Waals surface area contributed by atoms with Gasteiger partial charge in [-0.1, -0.05) is 103 Å². The molecule has 230 valence electrons. The zero-order valence-corrected chi connectivity index (χ0v) is 26.8. The molecule has 0 aromatic heterocycles. The van der Waals surface area contributed by atoms with Gasteiger partial charge in [0.2, 0.25) is 0 Å². The zero-order chi connectivity index (χ0) is 28.2. The highest BCUT2D eigenvalue weighted by Crippen LogP contribution is 2.43. The third-order valence-corrected chi connectivity index (χ3v) is 7.99. The van der Waals surface area contributed by atoms with Crippen LogP contribution in [0, 0.1) is 0 Å². The Morgan fingerprint density at radius 3 is 1.61 bits per heavy atom. The normalized spacial score (nSPS) is 14.3. The molecular weight excluding hydrogens is 548 g/mol. The van der Waals surface area contributed by atoms with E-state index >= 15 is 0 Å². The number of nitrogens with zero attached hydrogens (tertiary/aromatic N) is 1. The number of hydrogen-bond acceptors (Lipinski definition) is 6. The Hall–Kier alpha value is 0.570. The number of hydrogen-bond donors (Lipinski definition) is 1. The minimum Gasteiger partial charge on any atom is -0.379 e. The van der Waals surface area contributed by atoms with E-state index in [0.717, 1.165) is 12.8 Å². The van der Waals surface area contributed by atoms with Crippen molar-refractivity contribution in [2.45, 2.75) is 116 Å². The molecule has 0 aliphatic heterocycles. The average molecular weight is 607 g/mol. The number of ether oxygens (including phenoxy) is 2. The van der Waals surface area contributed by atoms with Crippen molar-refractivity contribution in [1.82, 2.24) is 4.90 Å². The van der Waals surface area contributed by atoms with E-state index in [1.165, 1.54) is 97.0 Å². The van der Waals surface area contributed by atoms with Gasteiger partial charge in [-0.3, -0.25) is 13.9 Å². The topological polar surface area (TPSA) is 77.5 Å². The summed E-state index contributed by atoms with van der Waals surface area (Å²) in [5.74, 6) is 0.915. The van der Waals surface area contributed by atoms with E-state index in [0.29, 0.717) is 44.6 Å². The molecule has 7 nitrogen and oxygen atoms in total. The van der Waals surface area contributed by atoms with Gasteiger partial charge in [0.25, 0.3) is 0 Å². The highest BCUT2D eigenvalue weighted by molar-refractivity contribution is 7.47. The lowest BCUT2D eigenvalue weighted by Gasteiger charge is -2.21. The Labute approximate surface area is 244 Å². The van der Waals surface area contributed by atoms with Gasteiger partial charge in [-0.25, -0.2) is 4.57 Å². The highest BCUT2D eigenvalue weighted by atomic mass is 35.5. The fourth-order valence-electron chi connectivity index (χ4n) is 4.23. The maximum atomic E-state index is 12.1. The molecule has 0 rings (SSSR count). The smallest absolute Gasteiger partial charge is 0.379 e. The Kier molecular flexibility index (Phi) is 29.5. The molecule has 1 N–H and O–H groups in total. The zero-order valence-electron chi connectivity index (χ0n) is 24.4. The molecule has 2 unspecified atom stereocenters. The number of methoxy groups -OCH3 is 1. The lowest BCUT2D eigenvalue weighted by Crippen LogP contribution is -2.31. The first-order valence-electron chi connectivity index (χ1n) is 15.1. The molecule has 0 radical (unpaired) electrons. The molecule has 2 atom stereocenters. The fraction of sp³-hybridized carbons (Fsp3) is 1.00. The van der Waals surface area contributed by atoms with Gasteiger partial charge in [-0.2, -0.15) is 0 Å². The molecular formula is C28H58Cl2NO6P. The van der Waals surface area contributed by atoms with Gasteiger partial charge >= 0.3 is 7.82 Å². The van der Waals surface area contributed by atoms with Gasteiger partial charge in [0, 0.05) is 45.1 Å². The summed E-state index contributed by atoms with van der Waals surface area (Å²) in [6.07, 6.45) is 21.0. The number of halogens is 2. The van der Waals surface area contributed by atoms with Crippen molar-refractivity contribution >= 4 is 31.0 Å². The molecule has 0 fully saturated rings. The molecule has 0 amide bonds. The van der Waals surface area contributed by atoms with Crippen LogP contribution in [0.1, 0.15) is 110 Å². The Morgan fingerprint density at radius 2 is 1.16 bits per heavy atom. The number of alkyl halides is 2. The van der Waals surface area contributed by atoms with E-state index in [-0.39, 0.29) is 13.2 Å². The standard InChI is InChI=1S/C28H58Cl2NO6P/c1-3-4-5-6-7-8-9-10-11-12-13-14-15-16-17-18-24-35-26-28(34-2)27-37-38(32,33)36-25-23-31(21-19-29)22-20-30/h28H,3-27H2,1-2H3,(H,32,33). The van der Waals surface area contributed by atoms with Gasteiger partial charge in [-0.05, 0) is 6.42 Å². The fourth-order valence-corrected chi connectivity index (χ4v) is 5.45. The van der Waals surface area contributed by atoms with Crippen LogP contribution in [-0.4, -0.2) is 80.8 Å². The molecule has 0 aromatic rings. The number of phosphoric acid groups is 1. The first kappa shape index (κ1) is 38.6. The van der Waals surface area contributed by atoms with Gasteiger partial charge in [0.15, 0.2) is 0 Å². The summed E-state index contributed by atoms with van der Waals surface area (Å²) >= 11 is 11.5. The van der Waals surface area contributed by atoms with Crippen LogP contribution in [0.5, 0.6) is 0 Å². The van der Waals surface area contributed by atoms with Crippen molar-refractivity contribution in [3.63, 3.8) is 0 Å². The van der Waals surface area contributed by atoms with Crippen LogP contribution in [0.2, 0.25) is 0 Å². The number of phosphoric ester groups is 1. The van der Waals surface area contributed by atoms with Crippen LogP contribution >= 0.6 is 31.0 Å². The SMILES string of the molecule is CCCCCCCCCCCCCCCCCCOCC(COP(=O)(O)OCCN(CCCl)CCCl)OC. The van der Waals surface area contributed by atoms with Gasteiger partial charge in [0.05, 0.1) is 19.8 Å². The molecule has 0 saturated heterocycles. The molecule has 0 aliphatic carbocycles. The van der Waals surface area contributed by atoms with E-state index in [2.05, 4.69) is 6.92 Å². The molecule has 38 heavy (non-hydrogen) atoms. The Balaban J connectivity index is 3.59. The largest absolute Gasteiger partial charge is 0.472 e. The van der Waals surface area contributed by atoms with E-state index in [1.54, 1.807) is 0 Å². The molecule has 0 aromatic carbocycles. The molecule has 0 bridgehead atoms. The van der Waals surface area contributed by atoms with Crippen LogP contribution in [0.25, 0.3) is 0 Å². The minimum absolute atomic E-state index is 0.0506. The van der Waals surface area contributed by atoms with Crippen molar-refractivity contribution in [3.8, 4) is 0 Å². The summed E-state index contributed by atoms with van der Waals surface area (Å²) in [6.45, 7) is 4.94. The lowest BCUT2D eigenvalue weighted by atomic mass is 10.0. The van der Waals surface area contributed by atoms with Crippen molar-refractivity contribution in [1.29, 1.82) is 0 Å². The summed E-state index contributed by atoms with van der Waals surface area (Å²) in [7, 11) is -2.63. The van der Waals surface area contributed by atoms with Crippen molar-refractivity contribution < 1.29 is 28.0 Å². The molecule has 0 saturated carbocycles. The van der Waals surface area contributed by atoms with Gasteiger partial charge in [-0.15, -0.1) is 23.2 Å². The quantitative estimate of drug-likeness (QED) is 0.0484. The van der Waals surface area contributed by atoms with Crippen LogP contribution in [0.4, 0.5) is 0 Å². The van der Waals surface area contributed by atoms with E-state index in [1.807, 2.05) is 4.90 Å². The third kappa shape index (κ3) is 26.8. The Bertz CT molecular complexity index is 530. The predicted molar refractivity (Wildman–Crippen MR) is 161 cm³/mol. The van der Waals surface area contributed by atoms with Crippen LogP contribution < -0.4 is 0 Å². The predicted octanol–water partition coefficient (Wildman–Crippen LogP) is 8.19. The first-order chi connectivity index (χ1) is 18.5. The van der Waals surface area contributed by atoms with Crippen molar-refractivity contribution in [2.24, 2.45) is 0 Å². The Morgan fingerprint density at radius 1 is 0.684 bits per heavy atom. The monoisotopic (exact) mass is 605 g/mol. The van der Waals surface area contributed by atoms with Crippen LogP contribution in [-0.2, 0) is 23.1 Å². The number of rotatable bonds is 31. The summed E-state index contributed by atoms with van der Waals surface area (Å²) in [5.41, 5.74) is 0. The van der Waals surface area contributed by atoms with Gasteiger partial charge < -0.3 is 14.4 Å². The highest BCUT2D eigenvalue weighted by Gasteiger charge is 2.23.